The fourth-order valence-corrected chi connectivity index (χ4v) is 3.41. The summed E-state index contributed by atoms with van der Waals surface area (Å²) in [6.07, 6.45) is 17.3. The summed E-state index contributed by atoms with van der Waals surface area (Å²) in [5.41, 5.74) is 7.42. The van der Waals surface area contributed by atoms with Crippen LogP contribution in [0.25, 0.3) is 5.73 Å². The molecule has 1 fully saturated rings. The molecule has 0 bridgehead atoms. The van der Waals surface area contributed by atoms with Crippen LogP contribution in [0.2, 0.25) is 0 Å². The van der Waals surface area contributed by atoms with Crippen molar-refractivity contribution in [3.05, 3.63) is 12.7 Å². The number of carbonyl (C=O) groups is 2. The third-order valence-corrected chi connectivity index (χ3v) is 5.52. The molecule has 1 aliphatic carbocycles. The number of rotatable bonds is 14. The van der Waals surface area contributed by atoms with Crippen LogP contribution in [0, 0.1) is 12.8 Å². The molecule has 0 unspecified atom stereocenters. The van der Waals surface area contributed by atoms with E-state index in [2.05, 4.69) is 31.4 Å². The Morgan fingerprint density at radius 2 is 1.14 bits per heavy atom. The minimum absolute atomic E-state index is 0.142. The Morgan fingerprint density at radius 1 is 0.800 bits per heavy atom. The van der Waals surface area contributed by atoms with Gasteiger partial charge in [-0.1, -0.05) is 104 Å². The Morgan fingerprint density at radius 3 is 1.43 bits per heavy atom. The van der Waals surface area contributed by atoms with Crippen LogP contribution in [0.4, 0.5) is 9.59 Å². The van der Waals surface area contributed by atoms with Crippen LogP contribution in [0.1, 0.15) is 117 Å². The molecule has 0 radical (unpaired) electrons. The fraction of sp³-hybridized carbons (Fsp3) is 0.880. The molecule has 0 aromatic rings. The summed E-state index contributed by atoms with van der Waals surface area (Å²) in [5, 5.41) is 21.2. The quantitative estimate of drug-likeness (QED) is 0.106. The van der Waals surface area contributed by atoms with Crippen LogP contribution in [0.15, 0.2) is 0 Å². The number of unbranched alkanes of at least 4 members (excludes halogenated alkanes) is 10. The predicted octanol–water partition coefficient (Wildman–Crippen LogP) is 9.04. The molecule has 5 N–H and O–H groups in total. The molecule has 214 valence electrons. The Labute approximate surface area is 231 Å². The Kier molecular flexibility index (Phi) is 37.9. The normalized spacial score (nSPS) is 16.4. The van der Waals surface area contributed by atoms with E-state index in [0.717, 1.165) is 32.1 Å². The zero-order chi connectivity index (χ0) is 27.2. The molecule has 1 aliphatic rings. The maximum absolute atomic E-state index is 10.0. The van der Waals surface area contributed by atoms with E-state index in [1.807, 2.05) is 0 Å². The molecule has 0 heterocycles. The van der Waals surface area contributed by atoms with Crippen LogP contribution in [0.3, 0.4) is 0 Å². The van der Waals surface area contributed by atoms with E-state index in [-0.39, 0.29) is 6.04 Å². The molecular weight excluding hydrogens is 672 g/mol. The molecule has 0 aromatic carbocycles. The fourth-order valence-electron chi connectivity index (χ4n) is 3.41. The van der Waals surface area contributed by atoms with Gasteiger partial charge in [0, 0.05) is 13.1 Å². The average molecular weight is 724 g/mol. The van der Waals surface area contributed by atoms with Gasteiger partial charge in [-0.05, 0) is 12.8 Å². The van der Waals surface area contributed by atoms with E-state index in [1.165, 1.54) is 70.6 Å². The van der Waals surface area contributed by atoms with Crippen LogP contribution >= 0.6 is 18.8 Å². The average Bonchev–Trinajstić information content (AvgIpc) is 2.81. The van der Waals surface area contributed by atoms with Gasteiger partial charge < -0.3 is 33.5 Å². The van der Waals surface area contributed by atoms with E-state index in [9.17, 15) is 9.59 Å². The van der Waals surface area contributed by atoms with E-state index in [0.29, 0.717) is 19.0 Å². The van der Waals surface area contributed by atoms with Crippen molar-refractivity contribution in [2.75, 3.05) is 13.1 Å². The van der Waals surface area contributed by atoms with Gasteiger partial charge in [0.1, 0.15) is 0 Å². The summed E-state index contributed by atoms with van der Waals surface area (Å²) in [4.78, 5) is 20.0. The van der Waals surface area contributed by atoms with Crippen molar-refractivity contribution < 1.29 is 36.3 Å². The van der Waals surface area contributed by atoms with Gasteiger partial charge in [-0.15, -0.1) is 0 Å². The second kappa shape index (κ2) is 33.8. The summed E-state index contributed by atoms with van der Waals surface area (Å²) < 4.78 is 0. The first-order chi connectivity index (χ1) is 16.8. The van der Waals surface area contributed by atoms with Crippen molar-refractivity contribution in [3.63, 3.8) is 0 Å². The molecule has 1 saturated carbocycles. The first-order valence-corrected chi connectivity index (χ1v) is 18.7. The Balaban J connectivity index is -0.000000421. The SMILES string of the molecule is CCCCCCCCNC(=O)O.CCCCCCCCNC(=O)O.[CH2-][C@@H]1CCCC[C@H]1[NH-].[Cl][Pt+2][Cl]. The third kappa shape index (κ3) is 41.2. The zero-order valence-electron chi connectivity index (χ0n) is 21.9. The third-order valence-electron chi connectivity index (χ3n) is 5.52. The standard InChI is InChI=1S/2C9H19NO2.C7H13N.2ClH.Pt/c2*1-2-3-4-5-6-7-8-10-9(11)12;1-6-4-2-3-5-7(6)8;;;/h2*10H,2-8H2,1H3,(H,11,12);6-8H,1-5H2;2*1H;/q;;-2;;;+4/p-2/t;;6-,7-;;;/m..1.../s1. The molecule has 0 spiro atoms. The Bertz CT molecular complexity index is 415. The predicted molar refractivity (Wildman–Crippen MR) is 146 cm³/mol. The number of amides is 2. The van der Waals surface area contributed by atoms with Crippen molar-refractivity contribution >= 4 is 31.0 Å². The van der Waals surface area contributed by atoms with Crippen molar-refractivity contribution in [3.8, 4) is 0 Å². The second-order valence-corrected chi connectivity index (χ2v) is 12.0. The van der Waals surface area contributed by atoms with E-state index >= 15 is 0 Å². The number of halogens is 2. The molecule has 1 rings (SSSR count). The van der Waals surface area contributed by atoms with Gasteiger partial charge in [-0.3, -0.25) is 0 Å². The molecule has 0 aliphatic heterocycles. The van der Waals surface area contributed by atoms with Gasteiger partial charge in [-0.2, -0.15) is 12.0 Å². The maximum atomic E-state index is 10.0. The monoisotopic (exact) mass is 722 g/mol. The summed E-state index contributed by atoms with van der Waals surface area (Å²) in [7, 11) is 9.75. The van der Waals surface area contributed by atoms with E-state index in [4.69, 9.17) is 34.8 Å². The van der Waals surface area contributed by atoms with Gasteiger partial charge >= 0.3 is 47.5 Å². The number of hydrogen-bond donors (Lipinski definition) is 4. The van der Waals surface area contributed by atoms with Crippen molar-refractivity contribution in [2.45, 2.75) is 123 Å². The van der Waals surface area contributed by atoms with Gasteiger partial charge in [0.25, 0.3) is 0 Å². The van der Waals surface area contributed by atoms with Crippen molar-refractivity contribution in [1.82, 2.24) is 10.6 Å². The van der Waals surface area contributed by atoms with Crippen LogP contribution in [-0.2, 0) is 16.5 Å². The summed E-state index contributed by atoms with van der Waals surface area (Å²) >= 11 is -0.472. The van der Waals surface area contributed by atoms with Gasteiger partial charge in [0.15, 0.2) is 0 Å². The van der Waals surface area contributed by atoms with Crippen molar-refractivity contribution in [2.24, 2.45) is 5.92 Å². The molecule has 0 aromatic heterocycles. The van der Waals surface area contributed by atoms with Crippen LogP contribution < -0.4 is 10.6 Å². The van der Waals surface area contributed by atoms with Crippen molar-refractivity contribution in [1.29, 1.82) is 0 Å². The first-order valence-electron chi connectivity index (χ1n) is 13.1. The van der Waals surface area contributed by atoms with Gasteiger partial charge in [-0.25, -0.2) is 9.59 Å². The summed E-state index contributed by atoms with van der Waals surface area (Å²) in [6, 6.07) is 0.142. The van der Waals surface area contributed by atoms with Crippen LogP contribution in [-0.4, -0.2) is 41.5 Å². The van der Waals surface area contributed by atoms with Crippen LogP contribution in [0.5, 0.6) is 0 Å². The zero-order valence-corrected chi connectivity index (χ0v) is 25.7. The van der Waals surface area contributed by atoms with Gasteiger partial charge in [0.2, 0.25) is 0 Å². The second-order valence-electron chi connectivity index (χ2n) is 8.70. The summed E-state index contributed by atoms with van der Waals surface area (Å²) in [5.74, 6) is 0.420. The topological polar surface area (TPSA) is 122 Å². The van der Waals surface area contributed by atoms with E-state index < -0.39 is 28.7 Å². The number of carboxylic acid groups (broad SMARTS) is 2. The molecule has 7 nitrogen and oxygen atoms in total. The number of nitrogens with one attached hydrogen (secondary N) is 3. The molecule has 35 heavy (non-hydrogen) atoms. The molecule has 0 saturated heterocycles. The first kappa shape index (κ1) is 39.3. The minimum atomic E-state index is -0.913. The Hall–Kier alpha value is -0.232. The number of hydrogen-bond acceptors (Lipinski definition) is 2. The summed E-state index contributed by atoms with van der Waals surface area (Å²) in [6.45, 7) is 9.46. The molecular formula is C25H51Cl2N3O4Pt. The molecule has 2 atom stereocenters. The molecule has 10 heteroatoms. The van der Waals surface area contributed by atoms with E-state index in [1.54, 1.807) is 0 Å². The molecule has 2 amide bonds. The van der Waals surface area contributed by atoms with Gasteiger partial charge in [0.05, 0.1) is 0 Å².